The van der Waals surface area contributed by atoms with Gasteiger partial charge in [-0.15, -0.1) is 11.3 Å². The van der Waals surface area contributed by atoms with Gasteiger partial charge in [0, 0.05) is 4.88 Å². The summed E-state index contributed by atoms with van der Waals surface area (Å²) in [5.74, 6) is 1.67. The van der Waals surface area contributed by atoms with E-state index in [2.05, 4.69) is 30.6 Å². The number of likely N-dealkylation sites (N-methyl/N-ethyl adjacent to an activating group) is 1. The lowest BCUT2D eigenvalue weighted by Gasteiger charge is -2.32. The summed E-state index contributed by atoms with van der Waals surface area (Å²) in [6.45, 7) is 5.75. The molecule has 20 heavy (non-hydrogen) atoms. The second-order valence-corrected chi connectivity index (χ2v) is 6.00. The first-order valence-electron chi connectivity index (χ1n) is 6.95. The number of hydrogen-bond acceptors (Lipinski definition) is 4. The Balaban J connectivity index is 1.85. The fraction of sp³-hybridized carbons (Fsp3) is 0.375. The van der Waals surface area contributed by atoms with Gasteiger partial charge in [-0.25, -0.2) is 0 Å². The fourth-order valence-corrected chi connectivity index (χ4v) is 3.33. The van der Waals surface area contributed by atoms with Gasteiger partial charge in [0.2, 0.25) is 0 Å². The summed E-state index contributed by atoms with van der Waals surface area (Å²) < 4.78 is 12.0. The van der Waals surface area contributed by atoms with E-state index in [4.69, 9.17) is 9.47 Å². The maximum Gasteiger partial charge on any atom is 0.161 e. The molecule has 0 radical (unpaired) electrons. The van der Waals surface area contributed by atoms with E-state index in [0.717, 1.165) is 18.0 Å². The zero-order valence-electron chi connectivity index (χ0n) is 11.8. The Morgan fingerprint density at radius 1 is 1.30 bits per heavy atom. The quantitative estimate of drug-likeness (QED) is 0.933. The average Bonchev–Trinajstić information content (AvgIpc) is 2.90. The van der Waals surface area contributed by atoms with Crippen molar-refractivity contribution in [2.24, 2.45) is 0 Å². The molecule has 1 aliphatic rings. The number of thiophene rings is 1. The van der Waals surface area contributed by atoms with Crippen molar-refractivity contribution in [3.05, 3.63) is 46.2 Å². The summed E-state index contributed by atoms with van der Waals surface area (Å²) in [7, 11) is 0. The van der Waals surface area contributed by atoms with Crippen LogP contribution in [0.5, 0.6) is 11.5 Å². The number of para-hydroxylation sites is 2. The molecule has 1 aromatic heterocycles. The second kappa shape index (κ2) is 5.85. The number of fused-ring (bicyclic) bond motifs is 1. The molecule has 0 saturated carbocycles. The van der Waals surface area contributed by atoms with Crippen LogP contribution in [0.25, 0.3) is 0 Å². The molecule has 0 amide bonds. The molecule has 3 nitrogen and oxygen atoms in total. The minimum absolute atomic E-state index is 0.00171. The van der Waals surface area contributed by atoms with E-state index in [0.29, 0.717) is 6.61 Å². The number of ether oxygens (including phenoxy) is 2. The smallest absolute Gasteiger partial charge is 0.161 e. The number of nitrogens with one attached hydrogen (secondary N) is 1. The Bertz CT molecular complexity index is 581. The van der Waals surface area contributed by atoms with Gasteiger partial charge >= 0.3 is 0 Å². The van der Waals surface area contributed by atoms with E-state index in [9.17, 15) is 0 Å². The average molecular weight is 289 g/mol. The summed E-state index contributed by atoms with van der Waals surface area (Å²) in [4.78, 5) is 1.33. The predicted molar refractivity (Wildman–Crippen MR) is 81.8 cm³/mol. The molecule has 0 fully saturated rings. The highest BCUT2D eigenvalue weighted by atomic mass is 32.1. The van der Waals surface area contributed by atoms with Crippen LogP contribution in [0.3, 0.4) is 0 Å². The lowest BCUT2D eigenvalue weighted by atomic mass is 10.0. The summed E-state index contributed by atoms with van der Waals surface area (Å²) in [5.41, 5.74) is 1.31. The van der Waals surface area contributed by atoms with Crippen molar-refractivity contribution >= 4 is 11.3 Å². The van der Waals surface area contributed by atoms with Crippen LogP contribution in [0.4, 0.5) is 0 Å². The Morgan fingerprint density at radius 3 is 2.80 bits per heavy atom. The normalized spacial score (nSPS) is 18.8. The van der Waals surface area contributed by atoms with Gasteiger partial charge in [0.15, 0.2) is 17.6 Å². The molecule has 2 unspecified atom stereocenters. The van der Waals surface area contributed by atoms with E-state index < -0.39 is 0 Å². The molecule has 0 saturated heterocycles. The van der Waals surface area contributed by atoms with Crippen molar-refractivity contribution < 1.29 is 9.47 Å². The lowest BCUT2D eigenvalue weighted by molar-refractivity contribution is 0.0621. The molecule has 0 bridgehead atoms. The van der Waals surface area contributed by atoms with Crippen LogP contribution in [-0.4, -0.2) is 19.3 Å². The summed E-state index contributed by atoms with van der Waals surface area (Å²) in [6.07, 6.45) is -0.00171. The van der Waals surface area contributed by atoms with E-state index in [1.165, 1.54) is 10.4 Å². The molecule has 1 aromatic carbocycles. The SMILES string of the molecule is CCNC(c1ccsc1C)C1COc2ccccc2O1. The Labute approximate surface area is 123 Å². The molecular formula is C16H19NO2S. The fourth-order valence-electron chi connectivity index (χ4n) is 2.58. The molecule has 1 aliphatic heterocycles. The molecule has 0 spiro atoms. The van der Waals surface area contributed by atoms with Gasteiger partial charge in [-0.05, 0) is 42.6 Å². The molecule has 106 valence electrons. The maximum absolute atomic E-state index is 6.14. The number of aryl methyl sites for hydroxylation is 1. The largest absolute Gasteiger partial charge is 0.486 e. The van der Waals surface area contributed by atoms with Crippen LogP contribution in [-0.2, 0) is 0 Å². The first-order chi connectivity index (χ1) is 9.79. The van der Waals surface area contributed by atoms with Crippen molar-refractivity contribution in [1.29, 1.82) is 0 Å². The summed E-state index contributed by atoms with van der Waals surface area (Å²) >= 11 is 1.77. The Kier molecular flexibility index (Phi) is 3.94. The van der Waals surface area contributed by atoms with Crippen LogP contribution >= 0.6 is 11.3 Å². The van der Waals surface area contributed by atoms with E-state index >= 15 is 0 Å². The monoisotopic (exact) mass is 289 g/mol. The minimum atomic E-state index is -0.00171. The van der Waals surface area contributed by atoms with Crippen molar-refractivity contribution in [3.8, 4) is 11.5 Å². The van der Waals surface area contributed by atoms with Gasteiger partial charge in [-0.2, -0.15) is 0 Å². The van der Waals surface area contributed by atoms with Gasteiger partial charge in [0.1, 0.15) is 6.61 Å². The van der Waals surface area contributed by atoms with Crippen LogP contribution in [0.1, 0.15) is 23.4 Å². The zero-order valence-corrected chi connectivity index (χ0v) is 12.6. The van der Waals surface area contributed by atoms with Crippen molar-refractivity contribution in [2.45, 2.75) is 26.0 Å². The van der Waals surface area contributed by atoms with Gasteiger partial charge in [0.05, 0.1) is 6.04 Å². The number of hydrogen-bond donors (Lipinski definition) is 1. The molecule has 2 aromatic rings. The third-order valence-electron chi connectivity index (χ3n) is 3.56. The van der Waals surface area contributed by atoms with Crippen LogP contribution in [0, 0.1) is 6.92 Å². The number of rotatable bonds is 4. The van der Waals surface area contributed by atoms with Gasteiger partial charge in [-0.1, -0.05) is 19.1 Å². The first-order valence-corrected chi connectivity index (χ1v) is 7.83. The standard InChI is InChI=1S/C16H19NO2S/c1-3-17-16(12-8-9-20-11(12)2)15-10-18-13-6-4-5-7-14(13)19-15/h4-9,15-17H,3,10H2,1-2H3. The zero-order chi connectivity index (χ0) is 13.9. The third-order valence-corrected chi connectivity index (χ3v) is 4.42. The highest BCUT2D eigenvalue weighted by Crippen LogP contribution is 2.35. The van der Waals surface area contributed by atoms with Crippen LogP contribution in [0.2, 0.25) is 0 Å². The number of benzene rings is 1. The van der Waals surface area contributed by atoms with E-state index in [-0.39, 0.29) is 12.1 Å². The van der Waals surface area contributed by atoms with Crippen LogP contribution < -0.4 is 14.8 Å². The topological polar surface area (TPSA) is 30.5 Å². The maximum atomic E-state index is 6.14. The molecular weight excluding hydrogens is 270 g/mol. The predicted octanol–water partition coefficient (Wildman–Crippen LogP) is 3.55. The summed E-state index contributed by atoms with van der Waals surface area (Å²) in [6, 6.07) is 10.2. The van der Waals surface area contributed by atoms with Crippen molar-refractivity contribution in [1.82, 2.24) is 5.32 Å². The van der Waals surface area contributed by atoms with Gasteiger partial charge in [0.25, 0.3) is 0 Å². The highest BCUT2D eigenvalue weighted by molar-refractivity contribution is 7.10. The Morgan fingerprint density at radius 2 is 2.10 bits per heavy atom. The molecule has 0 aliphatic carbocycles. The highest BCUT2D eigenvalue weighted by Gasteiger charge is 2.30. The van der Waals surface area contributed by atoms with Gasteiger partial charge in [-0.3, -0.25) is 0 Å². The first kappa shape index (κ1) is 13.5. The molecule has 1 N–H and O–H groups in total. The second-order valence-electron chi connectivity index (χ2n) is 4.88. The van der Waals surface area contributed by atoms with E-state index in [1.807, 2.05) is 24.3 Å². The Hall–Kier alpha value is -1.52. The van der Waals surface area contributed by atoms with E-state index in [1.54, 1.807) is 11.3 Å². The van der Waals surface area contributed by atoms with Crippen LogP contribution in [0.15, 0.2) is 35.7 Å². The van der Waals surface area contributed by atoms with Crippen molar-refractivity contribution in [2.75, 3.05) is 13.2 Å². The lowest BCUT2D eigenvalue weighted by Crippen LogP contribution is -2.41. The molecule has 2 atom stereocenters. The molecule has 2 heterocycles. The molecule has 3 rings (SSSR count). The van der Waals surface area contributed by atoms with Crippen molar-refractivity contribution in [3.63, 3.8) is 0 Å². The minimum Gasteiger partial charge on any atom is -0.486 e. The van der Waals surface area contributed by atoms with Gasteiger partial charge < -0.3 is 14.8 Å². The third kappa shape index (κ3) is 2.53. The molecule has 4 heteroatoms. The summed E-state index contributed by atoms with van der Waals surface area (Å²) in [5, 5.41) is 5.66.